The van der Waals surface area contributed by atoms with Gasteiger partial charge in [0.15, 0.2) is 0 Å². The first-order chi connectivity index (χ1) is 1.73. The van der Waals surface area contributed by atoms with E-state index in [0.29, 0.717) is 0 Å². The van der Waals surface area contributed by atoms with Gasteiger partial charge in [-0.15, -0.1) is 0 Å². The standard InChI is InChI=1S/C3H9N/c1-4(2)3/h1-3H3/i1+1,2+1,3+1. The van der Waals surface area contributed by atoms with E-state index in [4.69, 9.17) is 0 Å². The van der Waals surface area contributed by atoms with E-state index in [-0.39, 0.29) is 0 Å². The zero-order valence-electron chi connectivity index (χ0n) is 3.45. The van der Waals surface area contributed by atoms with Gasteiger partial charge in [0.2, 0.25) is 0 Å². The molecule has 0 aromatic heterocycles. The fourth-order valence-electron chi connectivity index (χ4n) is 0. The van der Waals surface area contributed by atoms with Crippen molar-refractivity contribution in [3.05, 3.63) is 0 Å². The predicted molar refractivity (Wildman–Crippen MR) is 19.6 cm³/mol. The van der Waals surface area contributed by atoms with Gasteiger partial charge < -0.3 is 4.90 Å². The average Bonchev–Trinajstić information content (AvgIpc) is 0.811. The quantitative estimate of drug-likeness (QED) is 0.362. The third-order valence-electron chi connectivity index (χ3n) is 0. The molecular formula is C3H9N. The van der Waals surface area contributed by atoms with Crippen molar-refractivity contribution in [1.29, 1.82) is 0 Å². The molecule has 0 aromatic rings. The first-order valence-electron chi connectivity index (χ1n) is 1.34. The van der Waals surface area contributed by atoms with Crippen molar-refractivity contribution < 1.29 is 0 Å². The molecule has 0 aromatic carbocycles. The molecule has 4 heavy (non-hydrogen) atoms. The predicted octanol–water partition coefficient (Wildman–Crippen LogP) is 0.178. The molecule has 0 aliphatic rings. The number of hydrogen-bond acceptors (Lipinski definition) is 1. The van der Waals surface area contributed by atoms with E-state index in [1.807, 2.05) is 26.0 Å². The minimum Gasteiger partial charge on any atom is -0.312 e. The summed E-state index contributed by atoms with van der Waals surface area (Å²) in [5.74, 6) is 0. The van der Waals surface area contributed by atoms with Gasteiger partial charge in [-0.2, -0.15) is 0 Å². The van der Waals surface area contributed by atoms with Crippen LogP contribution in [0.5, 0.6) is 0 Å². The van der Waals surface area contributed by atoms with Gasteiger partial charge in [-0.3, -0.25) is 0 Å². The number of hydrogen-bond donors (Lipinski definition) is 0. The Bertz CT molecular complexity index is 8.00. The Kier molecular flexibility index (Phi) is 1.28. The summed E-state index contributed by atoms with van der Waals surface area (Å²) in [7, 11) is 6.00. The highest BCUT2D eigenvalue weighted by Gasteiger charge is 1.58. The topological polar surface area (TPSA) is 3.24 Å². The molecule has 0 N–H and O–H groups in total. The molecule has 0 aliphatic heterocycles. The van der Waals surface area contributed by atoms with E-state index in [0.717, 1.165) is 0 Å². The lowest BCUT2D eigenvalue weighted by atomic mass is 11.7. The highest BCUT2D eigenvalue weighted by Crippen LogP contribution is 1.47. The van der Waals surface area contributed by atoms with Crippen molar-refractivity contribution >= 4 is 0 Å². The van der Waals surface area contributed by atoms with Crippen LogP contribution in [0.1, 0.15) is 0 Å². The Morgan fingerprint density at radius 1 is 1.00 bits per heavy atom. The second-order valence-corrected chi connectivity index (χ2v) is 1.34. The summed E-state index contributed by atoms with van der Waals surface area (Å²) >= 11 is 0. The van der Waals surface area contributed by atoms with Crippen molar-refractivity contribution in [1.82, 2.24) is 4.90 Å². The Hall–Kier alpha value is -0.0400. The number of nitrogens with zero attached hydrogens (tertiary/aromatic N) is 1. The highest BCUT2D eigenvalue weighted by molar-refractivity contribution is 4.09. The van der Waals surface area contributed by atoms with E-state index >= 15 is 0 Å². The fraction of sp³-hybridized carbons (Fsp3) is 1.00. The van der Waals surface area contributed by atoms with E-state index in [9.17, 15) is 0 Å². The van der Waals surface area contributed by atoms with Crippen LogP contribution in [-0.2, 0) is 0 Å². The molecule has 0 aliphatic carbocycles. The third-order valence-corrected chi connectivity index (χ3v) is 0. The van der Waals surface area contributed by atoms with Crippen LogP contribution in [0.2, 0.25) is 0 Å². The molecule has 0 unspecified atom stereocenters. The summed E-state index contributed by atoms with van der Waals surface area (Å²) in [5, 5.41) is 0. The van der Waals surface area contributed by atoms with E-state index in [2.05, 4.69) is 0 Å². The molecule has 0 saturated heterocycles. The van der Waals surface area contributed by atoms with Gasteiger partial charge in [0.1, 0.15) is 0 Å². The maximum atomic E-state index is 2.00. The maximum absolute atomic E-state index is 2.00. The van der Waals surface area contributed by atoms with Gasteiger partial charge in [-0.05, 0) is 21.1 Å². The van der Waals surface area contributed by atoms with Crippen LogP contribution in [-0.4, -0.2) is 26.0 Å². The normalized spacial score (nSPS) is 9.00. The van der Waals surface area contributed by atoms with Crippen LogP contribution in [0, 0.1) is 0 Å². The van der Waals surface area contributed by atoms with Crippen LogP contribution in [0.25, 0.3) is 0 Å². The van der Waals surface area contributed by atoms with Crippen LogP contribution in [0.3, 0.4) is 0 Å². The molecule has 26 valence electrons. The fourth-order valence-corrected chi connectivity index (χ4v) is 0. The Balaban J connectivity index is 2.32. The molecule has 0 heterocycles. The van der Waals surface area contributed by atoms with Gasteiger partial charge in [-0.25, -0.2) is 0 Å². The zero-order valence-corrected chi connectivity index (χ0v) is 3.45. The summed E-state index contributed by atoms with van der Waals surface area (Å²) < 4.78 is 0. The molecular weight excluding hydrogens is 53.0 g/mol. The average molecular weight is 62.1 g/mol. The SMILES string of the molecule is [13CH3]N([13CH3])[13CH3]. The van der Waals surface area contributed by atoms with Crippen molar-refractivity contribution in [2.75, 3.05) is 21.1 Å². The lowest BCUT2D eigenvalue weighted by Crippen LogP contribution is -1.99. The van der Waals surface area contributed by atoms with Crippen LogP contribution < -0.4 is 0 Å². The second-order valence-electron chi connectivity index (χ2n) is 1.34. The molecule has 0 amide bonds. The van der Waals surface area contributed by atoms with Gasteiger partial charge in [0, 0.05) is 0 Å². The van der Waals surface area contributed by atoms with Crippen molar-refractivity contribution in [2.45, 2.75) is 0 Å². The zero-order chi connectivity index (χ0) is 3.58. The van der Waals surface area contributed by atoms with Crippen molar-refractivity contribution in [3.63, 3.8) is 0 Å². The summed E-state index contributed by atoms with van der Waals surface area (Å²) in [4.78, 5) is 2.00. The molecule has 0 rings (SSSR count). The molecule has 0 fully saturated rings. The van der Waals surface area contributed by atoms with Crippen LogP contribution in [0.4, 0.5) is 0 Å². The minimum absolute atomic E-state index is 2.00. The smallest absolute Gasteiger partial charge is 0.0140 e. The molecule has 0 radical (unpaired) electrons. The maximum Gasteiger partial charge on any atom is -0.0140 e. The Labute approximate surface area is 27.2 Å². The lowest BCUT2D eigenvalue weighted by molar-refractivity contribution is 0.505. The molecule has 0 bridgehead atoms. The van der Waals surface area contributed by atoms with Crippen molar-refractivity contribution in [2.24, 2.45) is 0 Å². The Morgan fingerprint density at radius 2 is 1.00 bits per heavy atom. The molecule has 1 nitrogen and oxygen atoms in total. The van der Waals surface area contributed by atoms with E-state index in [1.165, 1.54) is 0 Å². The first-order valence-corrected chi connectivity index (χ1v) is 1.34. The van der Waals surface area contributed by atoms with Crippen LogP contribution >= 0.6 is 0 Å². The molecule has 0 atom stereocenters. The summed E-state index contributed by atoms with van der Waals surface area (Å²) in [6.45, 7) is 0. The van der Waals surface area contributed by atoms with Gasteiger partial charge in [0.05, 0.1) is 0 Å². The molecule has 0 spiro atoms. The lowest BCUT2D eigenvalue weighted by Gasteiger charge is -1.90. The summed E-state index contributed by atoms with van der Waals surface area (Å²) in [5.41, 5.74) is 0. The van der Waals surface area contributed by atoms with Crippen LogP contribution in [0.15, 0.2) is 0 Å². The van der Waals surface area contributed by atoms with Gasteiger partial charge in [-0.1, -0.05) is 0 Å². The molecule has 0 saturated carbocycles. The first kappa shape index (κ1) is 3.96. The third kappa shape index (κ3) is 1130. The second kappa shape index (κ2) is 1.30. The molecule has 1 heteroatoms. The van der Waals surface area contributed by atoms with Crippen molar-refractivity contribution in [3.8, 4) is 0 Å². The minimum atomic E-state index is 2.00. The van der Waals surface area contributed by atoms with E-state index < -0.39 is 0 Å². The van der Waals surface area contributed by atoms with E-state index in [1.54, 1.807) is 0 Å². The monoisotopic (exact) mass is 62.1 g/mol. The summed E-state index contributed by atoms with van der Waals surface area (Å²) in [6.07, 6.45) is 0. The Morgan fingerprint density at radius 3 is 1.00 bits per heavy atom. The highest BCUT2D eigenvalue weighted by atomic mass is 15.3. The van der Waals surface area contributed by atoms with Gasteiger partial charge >= 0.3 is 0 Å². The van der Waals surface area contributed by atoms with Gasteiger partial charge in [0.25, 0.3) is 0 Å². The number of rotatable bonds is 0. The largest absolute Gasteiger partial charge is 0.312 e. The summed E-state index contributed by atoms with van der Waals surface area (Å²) in [6, 6.07) is 0.